The maximum atomic E-state index is 13.9. The predicted molar refractivity (Wildman–Crippen MR) is 108 cm³/mol. The quantitative estimate of drug-likeness (QED) is 0.600. The number of rotatable bonds is 5. The van der Waals surface area contributed by atoms with Crippen molar-refractivity contribution in [3.63, 3.8) is 0 Å². The number of guanidine groups is 1. The summed E-state index contributed by atoms with van der Waals surface area (Å²) in [6, 6.07) is 12.6. The number of hydrogen-bond acceptors (Lipinski definition) is 3. The number of methoxy groups -OCH3 is 1. The minimum Gasteiger partial charge on any atom is -0.497 e. The molecule has 1 aliphatic heterocycles. The molecule has 0 spiro atoms. The number of nitrogens with one attached hydrogen (secondary N) is 1. The van der Waals surface area contributed by atoms with Crippen molar-refractivity contribution in [2.45, 2.75) is 12.5 Å². The molecule has 0 amide bonds. The van der Waals surface area contributed by atoms with Crippen molar-refractivity contribution in [2.75, 3.05) is 32.6 Å². The summed E-state index contributed by atoms with van der Waals surface area (Å²) in [5.41, 5.74) is 7.79. The number of nitrogens with two attached hydrogens (primary N) is 1. The molecule has 1 fully saturated rings. The molecular formula is C20H24ClFN4O. The fraction of sp³-hybridized carbons (Fsp3) is 0.350. The number of hydrogen-bond donors (Lipinski definition) is 2. The molecule has 2 aromatic rings. The first kappa shape index (κ1) is 19.5. The Kier molecular flexibility index (Phi) is 6.19. The summed E-state index contributed by atoms with van der Waals surface area (Å²) >= 11 is 5.82. The Morgan fingerprint density at radius 1 is 1.33 bits per heavy atom. The number of ether oxygens (including phenoxy) is 1. The van der Waals surface area contributed by atoms with Crippen LogP contribution in [0.25, 0.3) is 0 Å². The van der Waals surface area contributed by atoms with Gasteiger partial charge >= 0.3 is 0 Å². The Morgan fingerprint density at radius 3 is 2.74 bits per heavy atom. The zero-order valence-electron chi connectivity index (χ0n) is 15.5. The van der Waals surface area contributed by atoms with Gasteiger partial charge in [-0.3, -0.25) is 9.89 Å². The molecule has 5 nitrogen and oxygen atoms in total. The van der Waals surface area contributed by atoms with Crippen LogP contribution < -0.4 is 15.8 Å². The van der Waals surface area contributed by atoms with Gasteiger partial charge in [0.05, 0.1) is 12.1 Å². The van der Waals surface area contributed by atoms with E-state index in [0.29, 0.717) is 12.5 Å². The first-order chi connectivity index (χ1) is 13.0. The second-order valence-corrected chi connectivity index (χ2v) is 7.13. The molecule has 3 rings (SSSR count). The zero-order valence-corrected chi connectivity index (χ0v) is 16.2. The van der Waals surface area contributed by atoms with Crippen LogP contribution in [0.5, 0.6) is 5.75 Å². The number of benzene rings is 2. The molecular weight excluding hydrogens is 367 g/mol. The maximum Gasteiger partial charge on any atom is 0.193 e. The van der Waals surface area contributed by atoms with E-state index in [1.54, 1.807) is 13.2 Å². The highest BCUT2D eigenvalue weighted by molar-refractivity contribution is 6.30. The summed E-state index contributed by atoms with van der Waals surface area (Å²) in [6.45, 7) is 1.50. The lowest BCUT2D eigenvalue weighted by molar-refractivity contribution is 0.279. The fourth-order valence-electron chi connectivity index (χ4n) is 3.52. The molecule has 1 aliphatic rings. The van der Waals surface area contributed by atoms with Gasteiger partial charge in [0.25, 0.3) is 0 Å². The smallest absolute Gasteiger partial charge is 0.193 e. The predicted octanol–water partition coefficient (Wildman–Crippen LogP) is 3.91. The van der Waals surface area contributed by atoms with Crippen LogP contribution in [0, 0.1) is 11.7 Å². The third kappa shape index (κ3) is 4.70. The van der Waals surface area contributed by atoms with E-state index in [9.17, 15) is 4.39 Å². The van der Waals surface area contributed by atoms with Crippen molar-refractivity contribution in [3.8, 4) is 5.75 Å². The van der Waals surface area contributed by atoms with Crippen LogP contribution in [0.15, 0.2) is 47.5 Å². The first-order valence-corrected chi connectivity index (χ1v) is 9.22. The Morgan fingerprint density at radius 2 is 2.07 bits per heavy atom. The second-order valence-electron chi connectivity index (χ2n) is 6.73. The molecule has 144 valence electrons. The molecule has 1 heterocycles. The lowest BCUT2D eigenvalue weighted by atomic mass is 9.94. The summed E-state index contributed by atoms with van der Waals surface area (Å²) in [6.07, 6.45) is 0.977. The van der Waals surface area contributed by atoms with Crippen LogP contribution in [-0.4, -0.2) is 38.1 Å². The van der Waals surface area contributed by atoms with E-state index in [0.717, 1.165) is 30.0 Å². The van der Waals surface area contributed by atoms with E-state index in [1.165, 1.54) is 6.07 Å². The highest BCUT2D eigenvalue weighted by Gasteiger charge is 2.33. The van der Waals surface area contributed by atoms with Crippen LogP contribution in [0.3, 0.4) is 0 Å². The lowest BCUT2D eigenvalue weighted by Crippen LogP contribution is -2.26. The number of anilines is 1. The van der Waals surface area contributed by atoms with Gasteiger partial charge in [0.2, 0.25) is 0 Å². The normalized spacial score (nSPS) is 20.7. The van der Waals surface area contributed by atoms with Crippen molar-refractivity contribution in [2.24, 2.45) is 16.6 Å². The van der Waals surface area contributed by atoms with Gasteiger partial charge in [0.15, 0.2) is 5.96 Å². The van der Waals surface area contributed by atoms with Gasteiger partial charge in [-0.25, -0.2) is 4.39 Å². The molecule has 1 saturated heterocycles. The van der Waals surface area contributed by atoms with Gasteiger partial charge in [-0.05, 0) is 67.9 Å². The highest BCUT2D eigenvalue weighted by Crippen LogP contribution is 2.37. The van der Waals surface area contributed by atoms with Crippen LogP contribution >= 0.6 is 11.6 Å². The third-order valence-corrected chi connectivity index (χ3v) is 5.22. The van der Waals surface area contributed by atoms with E-state index in [1.807, 2.05) is 37.4 Å². The third-order valence-electron chi connectivity index (χ3n) is 4.92. The molecule has 27 heavy (non-hydrogen) atoms. The second kappa shape index (κ2) is 8.59. The van der Waals surface area contributed by atoms with E-state index in [-0.39, 0.29) is 17.0 Å². The summed E-state index contributed by atoms with van der Waals surface area (Å²) in [7, 11) is 3.67. The van der Waals surface area contributed by atoms with E-state index in [4.69, 9.17) is 22.1 Å². The highest BCUT2D eigenvalue weighted by atomic mass is 35.5. The van der Waals surface area contributed by atoms with Crippen molar-refractivity contribution in [3.05, 3.63) is 58.9 Å². The van der Waals surface area contributed by atoms with Gasteiger partial charge in [0.1, 0.15) is 11.6 Å². The summed E-state index contributed by atoms with van der Waals surface area (Å²) in [5.74, 6) is 1.00. The molecule has 2 unspecified atom stereocenters. The van der Waals surface area contributed by atoms with Gasteiger partial charge in [-0.15, -0.1) is 0 Å². The summed E-state index contributed by atoms with van der Waals surface area (Å²) in [5, 5.41) is 3.22. The minimum absolute atomic E-state index is 0.0919. The molecule has 3 N–H and O–H groups in total. The Hall–Kier alpha value is -2.31. The summed E-state index contributed by atoms with van der Waals surface area (Å²) < 4.78 is 19.0. The van der Waals surface area contributed by atoms with Crippen LogP contribution in [-0.2, 0) is 0 Å². The molecule has 0 bridgehead atoms. The molecule has 0 aliphatic carbocycles. The zero-order chi connectivity index (χ0) is 19.4. The van der Waals surface area contributed by atoms with Crippen molar-refractivity contribution >= 4 is 23.2 Å². The van der Waals surface area contributed by atoms with E-state index in [2.05, 4.69) is 15.2 Å². The Balaban J connectivity index is 1.67. The van der Waals surface area contributed by atoms with Gasteiger partial charge in [0, 0.05) is 18.3 Å². The monoisotopic (exact) mass is 390 g/mol. The molecule has 7 heteroatoms. The van der Waals surface area contributed by atoms with Crippen molar-refractivity contribution in [1.29, 1.82) is 0 Å². The molecule has 2 atom stereocenters. The molecule has 0 aromatic heterocycles. The molecule has 0 saturated carbocycles. The first-order valence-electron chi connectivity index (χ1n) is 8.84. The SMILES string of the molecule is COc1ccc(NC(N)=NCC2CCN(C)C2c2ccc(Cl)c(F)c2)cc1. The number of halogens is 2. The van der Waals surface area contributed by atoms with Gasteiger partial charge in [-0.2, -0.15) is 0 Å². The topological polar surface area (TPSA) is 62.9 Å². The fourth-order valence-corrected chi connectivity index (χ4v) is 3.64. The van der Waals surface area contributed by atoms with E-state index < -0.39 is 5.82 Å². The number of aliphatic imine (C=N–C) groups is 1. The van der Waals surface area contributed by atoms with Crippen LogP contribution in [0.4, 0.5) is 10.1 Å². The van der Waals surface area contributed by atoms with Crippen molar-refractivity contribution in [1.82, 2.24) is 4.90 Å². The van der Waals surface area contributed by atoms with Crippen molar-refractivity contribution < 1.29 is 9.13 Å². The standard InChI is InChI=1S/C20H24ClFN4O/c1-26-10-9-14(19(26)13-3-8-17(21)18(22)11-13)12-24-20(23)25-15-4-6-16(27-2)7-5-15/h3-8,11,14,19H,9-10,12H2,1-2H3,(H3,23,24,25). The average Bonchev–Trinajstić information content (AvgIpc) is 3.03. The number of nitrogens with zero attached hydrogens (tertiary/aromatic N) is 2. The molecule has 2 aromatic carbocycles. The van der Waals surface area contributed by atoms with E-state index >= 15 is 0 Å². The summed E-state index contributed by atoms with van der Waals surface area (Å²) in [4.78, 5) is 6.72. The molecule has 0 radical (unpaired) electrons. The van der Waals surface area contributed by atoms with Crippen LogP contribution in [0.2, 0.25) is 5.02 Å². The van der Waals surface area contributed by atoms with Gasteiger partial charge < -0.3 is 15.8 Å². The minimum atomic E-state index is -0.391. The lowest BCUT2D eigenvalue weighted by Gasteiger charge is -2.25. The Labute approximate surface area is 164 Å². The Bertz CT molecular complexity index is 812. The van der Waals surface area contributed by atoms with Gasteiger partial charge in [-0.1, -0.05) is 17.7 Å². The van der Waals surface area contributed by atoms with Crippen LogP contribution in [0.1, 0.15) is 18.0 Å². The average molecular weight is 391 g/mol. The largest absolute Gasteiger partial charge is 0.497 e. The number of likely N-dealkylation sites (tertiary alicyclic amines) is 1. The maximum absolute atomic E-state index is 13.9.